The molecule has 0 aromatic carbocycles. The zero-order chi connectivity index (χ0) is 14.3. The molecule has 1 unspecified atom stereocenters. The first-order chi connectivity index (χ1) is 8.94. The number of amides is 1. The number of rotatable bonds is 7. The van der Waals surface area contributed by atoms with E-state index in [1.807, 2.05) is 0 Å². The van der Waals surface area contributed by atoms with Crippen LogP contribution < -0.4 is 10.5 Å². The summed E-state index contributed by atoms with van der Waals surface area (Å²) in [6.07, 6.45) is 1.77. The minimum Gasteiger partial charge on any atom is -0.381 e. The summed E-state index contributed by atoms with van der Waals surface area (Å²) in [6.45, 7) is 3.34. The number of ether oxygens (including phenoxy) is 1. The highest BCUT2D eigenvalue weighted by molar-refractivity contribution is 7.89. The highest BCUT2D eigenvalue weighted by Crippen LogP contribution is 2.07. The number of piperidine rings is 1. The molecule has 1 heterocycles. The number of nitrogens with two attached hydrogens (primary N) is 1. The third-order valence-corrected chi connectivity index (χ3v) is 4.24. The Balaban J connectivity index is 2.32. The lowest BCUT2D eigenvalue weighted by Gasteiger charge is -2.30. The van der Waals surface area contributed by atoms with Crippen LogP contribution >= 0.6 is 0 Å². The fourth-order valence-corrected chi connectivity index (χ4v) is 2.73. The molecule has 0 bridgehead atoms. The average molecular weight is 293 g/mol. The lowest BCUT2D eigenvalue weighted by Crippen LogP contribution is -2.49. The fraction of sp³-hybridized carbons (Fsp3) is 0.909. The second-order valence-electron chi connectivity index (χ2n) is 4.58. The number of sulfonamides is 1. The highest BCUT2D eigenvalue weighted by atomic mass is 32.2. The van der Waals surface area contributed by atoms with Gasteiger partial charge in [0, 0.05) is 25.7 Å². The summed E-state index contributed by atoms with van der Waals surface area (Å²) in [7, 11) is -3.45. The minimum absolute atomic E-state index is 0.00717. The van der Waals surface area contributed by atoms with E-state index < -0.39 is 10.0 Å². The van der Waals surface area contributed by atoms with Crippen LogP contribution in [0, 0.1) is 0 Å². The predicted molar refractivity (Wildman–Crippen MR) is 72.1 cm³/mol. The van der Waals surface area contributed by atoms with Crippen molar-refractivity contribution in [2.75, 3.05) is 38.6 Å². The lowest BCUT2D eigenvalue weighted by molar-refractivity contribution is -0.131. The Hall–Kier alpha value is -0.700. The van der Waals surface area contributed by atoms with Crippen molar-refractivity contribution in [3.63, 3.8) is 0 Å². The van der Waals surface area contributed by atoms with Gasteiger partial charge >= 0.3 is 0 Å². The lowest BCUT2D eigenvalue weighted by atomic mass is 10.1. The number of likely N-dealkylation sites (tertiary alicyclic amines) is 1. The van der Waals surface area contributed by atoms with E-state index in [2.05, 4.69) is 4.72 Å². The molecule has 1 saturated heterocycles. The molecule has 1 rings (SSSR count). The quantitative estimate of drug-likeness (QED) is 0.580. The smallest absolute Gasteiger partial charge is 0.237 e. The van der Waals surface area contributed by atoms with Gasteiger partial charge in [-0.15, -0.1) is 0 Å². The normalized spacial score (nSPS) is 20.5. The summed E-state index contributed by atoms with van der Waals surface area (Å²) in [6, 6.07) is -0.00717. The van der Waals surface area contributed by atoms with Crippen LogP contribution in [0.4, 0.5) is 0 Å². The van der Waals surface area contributed by atoms with E-state index in [0.717, 1.165) is 12.8 Å². The molecule has 1 atom stereocenters. The van der Waals surface area contributed by atoms with Gasteiger partial charge in [0.05, 0.1) is 18.9 Å². The zero-order valence-electron chi connectivity index (χ0n) is 11.3. The molecule has 3 N–H and O–H groups in total. The third-order valence-electron chi connectivity index (χ3n) is 2.95. The number of hydrogen-bond acceptors (Lipinski definition) is 5. The van der Waals surface area contributed by atoms with E-state index in [1.54, 1.807) is 11.8 Å². The second kappa shape index (κ2) is 7.78. The molecule has 0 aromatic rings. The Morgan fingerprint density at radius 3 is 2.89 bits per heavy atom. The van der Waals surface area contributed by atoms with Crippen molar-refractivity contribution in [1.82, 2.24) is 9.62 Å². The number of nitrogens with one attached hydrogen (secondary N) is 1. The van der Waals surface area contributed by atoms with Gasteiger partial charge in [0.2, 0.25) is 15.9 Å². The fourth-order valence-electron chi connectivity index (χ4n) is 1.91. The van der Waals surface area contributed by atoms with Gasteiger partial charge in [-0.2, -0.15) is 0 Å². The van der Waals surface area contributed by atoms with E-state index in [9.17, 15) is 13.2 Å². The van der Waals surface area contributed by atoms with Crippen molar-refractivity contribution in [3.05, 3.63) is 0 Å². The van der Waals surface area contributed by atoms with Crippen molar-refractivity contribution in [1.29, 1.82) is 0 Å². The molecule has 1 fully saturated rings. The van der Waals surface area contributed by atoms with Crippen molar-refractivity contribution >= 4 is 15.9 Å². The average Bonchev–Trinajstić information content (AvgIpc) is 2.36. The molecular weight excluding hydrogens is 270 g/mol. The first-order valence-electron chi connectivity index (χ1n) is 6.53. The van der Waals surface area contributed by atoms with E-state index in [-0.39, 0.29) is 30.9 Å². The van der Waals surface area contributed by atoms with Gasteiger partial charge in [0.15, 0.2) is 0 Å². The second-order valence-corrected chi connectivity index (χ2v) is 6.51. The van der Waals surface area contributed by atoms with Crippen LogP contribution in [0.15, 0.2) is 0 Å². The van der Waals surface area contributed by atoms with Crippen LogP contribution in [0.2, 0.25) is 0 Å². The zero-order valence-corrected chi connectivity index (χ0v) is 12.1. The first kappa shape index (κ1) is 16.4. The molecule has 19 heavy (non-hydrogen) atoms. The molecule has 0 spiro atoms. The maximum absolute atomic E-state index is 11.8. The van der Waals surface area contributed by atoms with Crippen LogP contribution in [0.5, 0.6) is 0 Å². The van der Waals surface area contributed by atoms with E-state index in [0.29, 0.717) is 19.7 Å². The van der Waals surface area contributed by atoms with Crippen LogP contribution in [-0.4, -0.2) is 63.9 Å². The van der Waals surface area contributed by atoms with Crippen molar-refractivity contribution in [3.8, 4) is 0 Å². The Bertz CT molecular complexity index is 385. The molecule has 0 aliphatic carbocycles. The number of nitrogens with zero attached hydrogens (tertiary/aromatic N) is 1. The molecule has 0 saturated carbocycles. The number of hydrogen-bond donors (Lipinski definition) is 2. The summed E-state index contributed by atoms with van der Waals surface area (Å²) >= 11 is 0. The summed E-state index contributed by atoms with van der Waals surface area (Å²) < 4.78 is 30.4. The van der Waals surface area contributed by atoms with Crippen LogP contribution in [0.25, 0.3) is 0 Å². The maximum Gasteiger partial charge on any atom is 0.237 e. The summed E-state index contributed by atoms with van der Waals surface area (Å²) in [5.74, 6) is -0.358. The SMILES string of the molecule is CCOCCS(=O)(=O)NCC(=O)N1CCCC(N)C1. The standard InChI is InChI=1S/C11H23N3O4S/c1-2-18-6-7-19(16,17)13-8-11(15)14-5-3-4-10(12)9-14/h10,13H,2-9,12H2,1H3. The maximum atomic E-state index is 11.8. The molecule has 1 amide bonds. The van der Waals surface area contributed by atoms with Gasteiger partial charge in [-0.05, 0) is 19.8 Å². The van der Waals surface area contributed by atoms with E-state index >= 15 is 0 Å². The van der Waals surface area contributed by atoms with Crippen molar-refractivity contribution in [2.45, 2.75) is 25.8 Å². The third kappa shape index (κ3) is 6.33. The monoisotopic (exact) mass is 293 g/mol. The minimum atomic E-state index is -3.45. The molecule has 112 valence electrons. The predicted octanol–water partition coefficient (Wildman–Crippen LogP) is -1.11. The molecule has 8 heteroatoms. The van der Waals surface area contributed by atoms with Crippen LogP contribution in [-0.2, 0) is 19.6 Å². The van der Waals surface area contributed by atoms with Gasteiger partial charge in [0.1, 0.15) is 0 Å². The first-order valence-corrected chi connectivity index (χ1v) is 8.18. The van der Waals surface area contributed by atoms with Gasteiger partial charge < -0.3 is 15.4 Å². The van der Waals surface area contributed by atoms with Gasteiger partial charge in [-0.1, -0.05) is 0 Å². The Kier molecular flexibility index (Phi) is 6.70. The Morgan fingerprint density at radius 2 is 2.26 bits per heavy atom. The van der Waals surface area contributed by atoms with Gasteiger partial charge in [-0.25, -0.2) is 13.1 Å². The number of carbonyl (C=O) groups is 1. The molecular formula is C11H23N3O4S. The largest absolute Gasteiger partial charge is 0.381 e. The Labute approximate surface area is 114 Å². The number of carbonyl (C=O) groups excluding carboxylic acids is 1. The van der Waals surface area contributed by atoms with Gasteiger partial charge in [-0.3, -0.25) is 4.79 Å². The molecule has 1 aliphatic rings. The van der Waals surface area contributed by atoms with Crippen molar-refractivity contribution in [2.24, 2.45) is 5.73 Å². The summed E-state index contributed by atoms with van der Waals surface area (Å²) in [4.78, 5) is 13.4. The van der Waals surface area contributed by atoms with Crippen molar-refractivity contribution < 1.29 is 17.9 Å². The molecule has 1 aliphatic heterocycles. The summed E-state index contributed by atoms with van der Waals surface area (Å²) in [5.41, 5.74) is 5.78. The van der Waals surface area contributed by atoms with Crippen LogP contribution in [0.1, 0.15) is 19.8 Å². The topological polar surface area (TPSA) is 102 Å². The molecule has 0 radical (unpaired) electrons. The highest BCUT2D eigenvalue weighted by Gasteiger charge is 2.22. The van der Waals surface area contributed by atoms with Gasteiger partial charge in [0.25, 0.3) is 0 Å². The van der Waals surface area contributed by atoms with E-state index in [1.165, 1.54) is 0 Å². The summed E-state index contributed by atoms with van der Waals surface area (Å²) in [5, 5.41) is 0. The van der Waals surface area contributed by atoms with E-state index in [4.69, 9.17) is 10.5 Å². The van der Waals surface area contributed by atoms with Crippen LogP contribution in [0.3, 0.4) is 0 Å². The Morgan fingerprint density at radius 1 is 1.53 bits per heavy atom. The molecule has 7 nitrogen and oxygen atoms in total. The molecule has 0 aromatic heterocycles.